The molecule has 1 atom stereocenters. The van der Waals surface area contributed by atoms with E-state index in [1.807, 2.05) is 6.07 Å². The van der Waals surface area contributed by atoms with Crippen LogP contribution in [0.1, 0.15) is 42.4 Å². The van der Waals surface area contributed by atoms with Crippen LogP contribution in [0, 0.1) is 0 Å². The van der Waals surface area contributed by atoms with Gasteiger partial charge in [0.25, 0.3) is 0 Å². The van der Waals surface area contributed by atoms with Crippen LogP contribution in [0.4, 0.5) is 0 Å². The lowest BCUT2D eigenvalue weighted by molar-refractivity contribution is -0.143. The minimum absolute atomic E-state index is 0. The molecule has 1 unspecified atom stereocenters. The van der Waals surface area contributed by atoms with Crippen LogP contribution in [0.5, 0.6) is 0 Å². The fraction of sp³-hybridized carbons (Fsp3) is 0.438. The summed E-state index contributed by atoms with van der Waals surface area (Å²) in [6.07, 6.45) is 4.67. The fourth-order valence-corrected chi connectivity index (χ4v) is 2.66. The molecule has 110 valence electrons. The Morgan fingerprint density at radius 3 is 2.60 bits per heavy atom. The molecule has 0 radical (unpaired) electrons. The van der Waals surface area contributed by atoms with Crippen LogP contribution in [0.15, 0.2) is 30.5 Å². The van der Waals surface area contributed by atoms with E-state index in [0.29, 0.717) is 12.3 Å². The number of benzene rings is 1. The van der Waals surface area contributed by atoms with Gasteiger partial charge >= 0.3 is 5.97 Å². The number of esters is 1. The summed E-state index contributed by atoms with van der Waals surface area (Å²) in [4.78, 5) is 12.0. The second-order valence-corrected chi connectivity index (χ2v) is 5.00. The van der Waals surface area contributed by atoms with Crippen LogP contribution in [-0.2, 0) is 22.4 Å². The summed E-state index contributed by atoms with van der Waals surface area (Å²) in [7, 11) is 0. The molecule has 1 aliphatic rings. The van der Waals surface area contributed by atoms with E-state index in [1.165, 1.54) is 24.0 Å². The van der Waals surface area contributed by atoms with E-state index >= 15 is 0 Å². The molecular formula is C16H22ClNO2. The summed E-state index contributed by atoms with van der Waals surface area (Å²) in [5.74, 6) is -0.863. The largest absolute Gasteiger partial charge is 0.465 e. The van der Waals surface area contributed by atoms with Gasteiger partial charge in [-0.15, -0.1) is 12.4 Å². The van der Waals surface area contributed by atoms with Crippen molar-refractivity contribution in [3.63, 3.8) is 0 Å². The molecular weight excluding hydrogens is 274 g/mol. The minimum Gasteiger partial charge on any atom is -0.465 e. The zero-order valence-electron chi connectivity index (χ0n) is 11.9. The molecule has 0 fully saturated rings. The average molecular weight is 296 g/mol. The fourth-order valence-electron chi connectivity index (χ4n) is 2.66. The molecule has 2 N–H and O–H groups in total. The maximum absolute atomic E-state index is 12.0. The van der Waals surface area contributed by atoms with E-state index in [-0.39, 0.29) is 18.4 Å². The van der Waals surface area contributed by atoms with E-state index in [1.54, 1.807) is 6.92 Å². The van der Waals surface area contributed by atoms with Gasteiger partial charge in [0.2, 0.25) is 0 Å². The van der Waals surface area contributed by atoms with Crippen molar-refractivity contribution in [3.05, 3.63) is 47.2 Å². The highest BCUT2D eigenvalue weighted by molar-refractivity contribution is 5.85. The van der Waals surface area contributed by atoms with E-state index < -0.39 is 5.92 Å². The molecule has 0 saturated heterocycles. The van der Waals surface area contributed by atoms with E-state index in [4.69, 9.17) is 10.5 Å². The SMILES string of the molecule is C=C(N)C(C(=O)OCC)c1ccc2c(c1)CCCC2.Cl. The zero-order chi connectivity index (χ0) is 13.8. The molecule has 2 rings (SSSR count). The lowest BCUT2D eigenvalue weighted by Crippen LogP contribution is -2.22. The quantitative estimate of drug-likeness (QED) is 0.868. The number of carbonyl (C=O) groups excluding carboxylic acids is 1. The van der Waals surface area contributed by atoms with Gasteiger partial charge in [0.05, 0.1) is 6.61 Å². The monoisotopic (exact) mass is 295 g/mol. The Morgan fingerprint density at radius 2 is 2.00 bits per heavy atom. The number of fused-ring (bicyclic) bond motifs is 1. The van der Waals surface area contributed by atoms with E-state index in [2.05, 4.69) is 18.7 Å². The van der Waals surface area contributed by atoms with Gasteiger partial charge in [0, 0.05) is 5.70 Å². The van der Waals surface area contributed by atoms with Crippen LogP contribution in [0.3, 0.4) is 0 Å². The number of aryl methyl sites for hydroxylation is 2. The molecule has 0 amide bonds. The Morgan fingerprint density at radius 1 is 1.35 bits per heavy atom. The number of ether oxygens (including phenoxy) is 1. The standard InChI is InChI=1S/C16H21NO2.ClH/c1-3-19-16(18)15(11(2)17)14-9-8-12-6-4-5-7-13(12)10-14;/h8-10,15H,2-7,17H2,1H3;1H. The van der Waals surface area contributed by atoms with Crippen LogP contribution in [0.25, 0.3) is 0 Å². The first-order valence-electron chi connectivity index (χ1n) is 6.86. The summed E-state index contributed by atoms with van der Waals surface area (Å²) >= 11 is 0. The molecule has 0 bridgehead atoms. The third-order valence-electron chi connectivity index (χ3n) is 3.60. The average Bonchev–Trinajstić information content (AvgIpc) is 2.38. The van der Waals surface area contributed by atoms with Gasteiger partial charge in [-0.05, 0) is 49.3 Å². The topological polar surface area (TPSA) is 52.3 Å². The van der Waals surface area contributed by atoms with Crippen molar-refractivity contribution in [2.75, 3.05) is 6.61 Å². The number of nitrogens with two attached hydrogens (primary N) is 1. The molecule has 1 aliphatic carbocycles. The zero-order valence-corrected chi connectivity index (χ0v) is 12.7. The van der Waals surface area contributed by atoms with Crippen molar-refractivity contribution in [2.45, 2.75) is 38.5 Å². The highest BCUT2D eigenvalue weighted by Gasteiger charge is 2.24. The van der Waals surface area contributed by atoms with Gasteiger partial charge in [-0.2, -0.15) is 0 Å². The smallest absolute Gasteiger partial charge is 0.319 e. The maximum atomic E-state index is 12.0. The van der Waals surface area contributed by atoms with Crippen molar-refractivity contribution < 1.29 is 9.53 Å². The summed E-state index contributed by atoms with van der Waals surface area (Å²) in [6, 6.07) is 6.18. The van der Waals surface area contributed by atoms with Crippen LogP contribution in [-0.4, -0.2) is 12.6 Å². The second-order valence-electron chi connectivity index (χ2n) is 5.00. The lowest BCUT2D eigenvalue weighted by Gasteiger charge is -2.20. The van der Waals surface area contributed by atoms with Crippen molar-refractivity contribution in [1.82, 2.24) is 0 Å². The predicted molar refractivity (Wildman–Crippen MR) is 83.0 cm³/mol. The molecule has 0 heterocycles. The Bertz CT molecular complexity index is 499. The first kappa shape index (κ1) is 16.6. The van der Waals surface area contributed by atoms with Crippen molar-refractivity contribution >= 4 is 18.4 Å². The first-order chi connectivity index (χ1) is 9.13. The summed E-state index contributed by atoms with van der Waals surface area (Å²) in [5.41, 5.74) is 9.74. The third-order valence-corrected chi connectivity index (χ3v) is 3.60. The molecule has 0 aromatic heterocycles. The van der Waals surface area contributed by atoms with Gasteiger partial charge in [-0.25, -0.2) is 0 Å². The van der Waals surface area contributed by atoms with Crippen molar-refractivity contribution in [3.8, 4) is 0 Å². The Hall–Kier alpha value is -1.48. The van der Waals surface area contributed by atoms with Crippen molar-refractivity contribution in [1.29, 1.82) is 0 Å². The van der Waals surface area contributed by atoms with E-state index in [9.17, 15) is 4.79 Å². The highest BCUT2D eigenvalue weighted by atomic mass is 35.5. The molecule has 1 aromatic carbocycles. The predicted octanol–water partition coefficient (Wildman–Crippen LogP) is 3.11. The third kappa shape index (κ3) is 3.54. The molecule has 20 heavy (non-hydrogen) atoms. The molecule has 0 spiro atoms. The number of halogens is 1. The molecule has 4 heteroatoms. The Balaban J connectivity index is 0.00000200. The number of carbonyl (C=O) groups is 1. The molecule has 3 nitrogen and oxygen atoms in total. The summed E-state index contributed by atoms with van der Waals surface area (Å²) in [5, 5.41) is 0. The van der Waals surface area contributed by atoms with Crippen LogP contribution < -0.4 is 5.73 Å². The lowest BCUT2D eigenvalue weighted by atomic mass is 9.87. The van der Waals surface area contributed by atoms with Gasteiger partial charge in [-0.1, -0.05) is 24.8 Å². The van der Waals surface area contributed by atoms with Gasteiger partial charge in [0.1, 0.15) is 5.92 Å². The minimum atomic E-state index is -0.549. The maximum Gasteiger partial charge on any atom is 0.319 e. The number of hydrogen-bond donors (Lipinski definition) is 1. The van der Waals surface area contributed by atoms with Crippen molar-refractivity contribution in [2.24, 2.45) is 5.73 Å². The number of hydrogen-bond acceptors (Lipinski definition) is 3. The van der Waals surface area contributed by atoms with Crippen LogP contribution in [0.2, 0.25) is 0 Å². The molecule has 1 aromatic rings. The Labute approximate surface area is 126 Å². The molecule has 0 aliphatic heterocycles. The number of rotatable bonds is 4. The Kier molecular flexibility index (Phi) is 6.08. The summed E-state index contributed by atoms with van der Waals surface area (Å²) < 4.78 is 5.08. The first-order valence-corrected chi connectivity index (χ1v) is 6.86. The van der Waals surface area contributed by atoms with Gasteiger partial charge < -0.3 is 10.5 Å². The second kappa shape index (κ2) is 7.34. The van der Waals surface area contributed by atoms with Crippen LogP contribution >= 0.6 is 12.4 Å². The highest BCUT2D eigenvalue weighted by Crippen LogP contribution is 2.28. The normalized spacial score (nSPS) is 14.7. The molecule has 0 saturated carbocycles. The summed E-state index contributed by atoms with van der Waals surface area (Å²) in [6.45, 7) is 5.87. The van der Waals surface area contributed by atoms with E-state index in [0.717, 1.165) is 18.4 Å². The van der Waals surface area contributed by atoms with Gasteiger partial charge in [-0.3, -0.25) is 4.79 Å². The van der Waals surface area contributed by atoms with Gasteiger partial charge in [0.15, 0.2) is 0 Å².